The summed E-state index contributed by atoms with van der Waals surface area (Å²) in [5.41, 5.74) is 1.26. The highest BCUT2D eigenvalue weighted by molar-refractivity contribution is 6.01. The molecule has 21 heavy (non-hydrogen) atoms. The fourth-order valence-electron chi connectivity index (χ4n) is 2.24. The van der Waals surface area contributed by atoms with Crippen molar-refractivity contribution < 1.29 is 14.8 Å². The lowest BCUT2D eigenvalue weighted by molar-refractivity contribution is -0.385. The van der Waals surface area contributed by atoms with Crippen molar-refractivity contribution in [2.45, 2.75) is 6.17 Å². The minimum atomic E-state index is -0.669. The van der Waals surface area contributed by atoms with Gasteiger partial charge in [-0.1, -0.05) is 18.2 Å². The Labute approximate surface area is 119 Å². The number of hydrogen-bond acceptors (Lipinski definition) is 5. The molecule has 2 aromatic carbocycles. The molecular weight excluding hydrogens is 274 g/mol. The average Bonchev–Trinajstić information content (AvgIpc) is 2.47. The summed E-state index contributed by atoms with van der Waals surface area (Å²) in [5.74, 6) is -0.670. The van der Waals surface area contributed by atoms with Gasteiger partial charge >= 0.3 is 5.69 Å². The smallest absolute Gasteiger partial charge is 0.311 e. The number of carbonyl (C=O) groups is 1. The Balaban J connectivity index is 1.98. The number of carbonyl (C=O) groups excluding carboxylic acids is 1. The highest BCUT2D eigenvalue weighted by Gasteiger charge is 2.26. The van der Waals surface area contributed by atoms with E-state index >= 15 is 0 Å². The molecule has 3 rings (SSSR count). The van der Waals surface area contributed by atoms with Gasteiger partial charge in [0.15, 0.2) is 5.75 Å². The molecule has 0 radical (unpaired) electrons. The number of fused-ring (bicyclic) bond motifs is 1. The van der Waals surface area contributed by atoms with Crippen LogP contribution in [0.2, 0.25) is 0 Å². The van der Waals surface area contributed by atoms with Crippen LogP contribution >= 0.6 is 0 Å². The lowest BCUT2D eigenvalue weighted by atomic mass is 10.1. The van der Waals surface area contributed by atoms with Crippen molar-refractivity contribution in [2.75, 3.05) is 5.32 Å². The number of phenolic OH excluding ortho intramolecular Hbond substituents is 1. The zero-order chi connectivity index (χ0) is 15.0. The standard InChI is InChI=1S/C14H11N3O4/c18-12-6-5-8(7-11(12)17(20)21)13-15-10-4-2-1-3-9(10)14(19)16-13/h1-7,13,15,18H,(H,16,19)/t13-/m0/s1. The van der Waals surface area contributed by atoms with Crippen molar-refractivity contribution in [3.05, 3.63) is 63.7 Å². The van der Waals surface area contributed by atoms with Crippen LogP contribution < -0.4 is 10.6 Å². The Morgan fingerprint density at radius 3 is 2.67 bits per heavy atom. The number of anilines is 1. The van der Waals surface area contributed by atoms with Gasteiger partial charge in [-0.3, -0.25) is 14.9 Å². The van der Waals surface area contributed by atoms with Gasteiger partial charge in [-0.2, -0.15) is 0 Å². The molecule has 0 unspecified atom stereocenters. The third-order valence-electron chi connectivity index (χ3n) is 3.28. The van der Waals surface area contributed by atoms with E-state index in [2.05, 4.69) is 10.6 Å². The van der Waals surface area contributed by atoms with Gasteiger partial charge in [-0.05, 0) is 18.2 Å². The Morgan fingerprint density at radius 1 is 1.14 bits per heavy atom. The van der Waals surface area contributed by atoms with Crippen LogP contribution in [0.4, 0.5) is 11.4 Å². The predicted octanol–water partition coefficient (Wildman–Crippen LogP) is 2.15. The number of phenols is 1. The van der Waals surface area contributed by atoms with Crippen LogP contribution in [0.15, 0.2) is 42.5 Å². The monoisotopic (exact) mass is 285 g/mol. The summed E-state index contributed by atoms with van der Waals surface area (Å²) in [6.07, 6.45) is -0.591. The molecule has 0 saturated heterocycles. The molecule has 1 amide bonds. The van der Waals surface area contributed by atoms with Gasteiger partial charge in [-0.25, -0.2) is 0 Å². The van der Waals surface area contributed by atoms with Gasteiger partial charge in [0.2, 0.25) is 0 Å². The number of nitrogens with zero attached hydrogens (tertiary/aromatic N) is 1. The highest BCUT2D eigenvalue weighted by Crippen LogP contribution is 2.31. The van der Waals surface area contributed by atoms with E-state index in [4.69, 9.17) is 0 Å². The van der Waals surface area contributed by atoms with E-state index in [1.807, 2.05) is 0 Å². The molecule has 1 aliphatic rings. The first-order valence-corrected chi connectivity index (χ1v) is 6.20. The van der Waals surface area contributed by atoms with Crippen molar-refractivity contribution in [3.63, 3.8) is 0 Å². The fraction of sp³-hybridized carbons (Fsp3) is 0.0714. The number of rotatable bonds is 2. The highest BCUT2D eigenvalue weighted by atomic mass is 16.6. The lowest BCUT2D eigenvalue weighted by Gasteiger charge is -2.28. The van der Waals surface area contributed by atoms with E-state index in [1.54, 1.807) is 24.3 Å². The molecule has 7 heteroatoms. The number of para-hydroxylation sites is 1. The molecule has 1 aliphatic heterocycles. The quantitative estimate of drug-likeness (QED) is 0.579. The van der Waals surface area contributed by atoms with Crippen LogP contribution in [0.5, 0.6) is 5.75 Å². The Morgan fingerprint density at radius 2 is 1.90 bits per heavy atom. The van der Waals surface area contributed by atoms with Crippen LogP contribution in [-0.2, 0) is 0 Å². The molecule has 7 nitrogen and oxygen atoms in total. The average molecular weight is 285 g/mol. The molecule has 106 valence electrons. The molecule has 0 aromatic heterocycles. The number of aromatic hydroxyl groups is 1. The number of benzene rings is 2. The van der Waals surface area contributed by atoms with Gasteiger partial charge in [-0.15, -0.1) is 0 Å². The molecule has 0 aliphatic carbocycles. The minimum Gasteiger partial charge on any atom is -0.502 e. The second-order valence-electron chi connectivity index (χ2n) is 4.60. The van der Waals surface area contributed by atoms with Crippen molar-refractivity contribution in [1.29, 1.82) is 0 Å². The Bertz CT molecular complexity index is 745. The van der Waals surface area contributed by atoms with Gasteiger partial charge in [0.05, 0.1) is 10.5 Å². The van der Waals surface area contributed by atoms with Crippen LogP contribution in [0.1, 0.15) is 22.1 Å². The molecule has 3 N–H and O–H groups in total. The molecule has 1 atom stereocenters. The second kappa shape index (κ2) is 4.78. The van der Waals surface area contributed by atoms with Gasteiger partial charge in [0, 0.05) is 17.3 Å². The first kappa shape index (κ1) is 12.9. The van der Waals surface area contributed by atoms with Crippen LogP contribution in [0.3, 0.4) is 0 Å². The number of amides is 1. The summed E-state index contributed by atoms with van der Waals surface area (Å²) in [7, 11) is 0. The van der Waals surface area contributed by atoms with Gasteiger partial charge in [0.1, 0.15) is 6.17 Å². The SMILES string of the molecule is O=C1N[C@@H](c2ccc(O)c([N+](=O)[O-])c2)Nc2ccccc21. The summed E-state index contributed by atoms with van der Waals surface area (Å²) in [4.78, 5) is 22.2. The molecule has 0 saturated carbocycles. The van der Waals surface area contributed by atoms with Crippen molar-refractivity contribution >= 4 is 17.3 Å². The number of nitrogens with one attached hydrogen (secondary N) is 2. The first-order valence-electron chi connectivity index (χ1n) is 6.20. The van der Waals surface area contributed by atoms with Crippen LogP contribution in [0, 0.1) is 10.1 Å². The maximum absolute atomic E-state index is 12.0. The molecule has 0 bridgehead atoms. The molecule has 2 aromatic rings. The zero-order valence-corrected chi connectivity index (χ0v) is 10.7. The van der Waals surface area contributed by atoms with Crippen molar-refractivity contribution in [3.8, 4) is 5.75 Å². The van der Waals surface area contributed by atoms with Gasteiger partial charge in [0.25, 0.3) is 5.91 Å². The Kier molecular flexibility index (Phi) is 2.94. The third kappa shape index (κ3) is 2.25. The summed E-state index contributed by atoms with van der Waals surface area (Å²) in [6, 6.07) is 11.0. The second-order valence-corrected chi connectivity index (χ2v) is 4.60. The predicted molar refractivity (Wildman–Crippen MR) is 75.0 cm³/mol. The van der Waals surface area contributed by atoms with E-state index in [1.165, 1.54) is 18.2 Å². The molecule has 1 heterocycles. The van der Waals surface area contributed by atoms with E-state index in [0.29, 0.717) is 16.8 Å². The Hall–Kier alpha value is -3.09. The zero-order valence-electron chi connectivity index (χ0n) is 10.7. The van der Waals surface area contributed by atoms with E-state index in [9.17, 15) is 20.0 Å². The van der Waals surface area contributed by atoms with E-state index < -0.39 is 22.5 Å². The minimum absolute atomic E-state index is 0.259. The summed E-state index contributed by atoms with van der Waals surface area (Å²) in [5, 5.41) is 26.1. The number of hydrogen-bond donors (Lipinski definition) is 3. The summed E-state index contributed by atoms with van der Waals surface area (Å²) < 4.78 is 0. The van der Waals surface area contributed by atoms with Crippen LogP contribution in [-0.4, -0.2) is 15.9 Å². The normalized spacial score (nSPS) is 16.6. The third-order valence-corrected chi connectivity index (χ3v) is 3.28. The largest absolute Gasteiger partial charge is 0.502 e. The maximum Gasteiger partial charge on any atom is 0.311 e. The first-order chi connectivity index (χ1) is 10.1. The fourth-order valence-corrected chi connectivity index (χ4v) is 2.24. The van der Waals surface area contributed by atoms with E-state index in [-0.39, 0.29) is 5.91 Å². The summed E-state index contributed by atoms with van der Waals surface area (Å²) >= 11 is 0. The van der Waals surface area contributed by atoms with Crippen molar-refractivity contribution in [2.24, 2.45) is 0 Å². The maximum atomic E-state index is 12.0. The summed E-state index contributed by atoms with van der Waals surface area (Å²) in [6.45, 7) is 0. The number of nitro benzene ring substituents is 1. The van der Waals surface area contributed by atoms with Crippen molar-refractivity contribution in [1.82, 2.24) is 5.32 Å². The molecule has 0 fully saturated rings. The topological polar surface area (TPSA) is 104 Å². The molecule has 0 spiro atoms. The van der Waals surface area contributed by atoms with Crippen LogP contribution in [0.25, 0.3) is 0 Å². The molecular formula is C14H11N3O4. The van der Waals surface area contributed by atoms with Gasteiger partial charge < -0.3 is 15.7 Å². The number of nitro groups is 1. The van der Waals surface area contributed by atoms with E-state index in [0.717, 1.165) is 0 Å². The lowest BCUT2D eigenvalue weighted by Crippen LogP contribution is -2.38.